The standard InChI is InChI=1S/C6H10N4OS/c11-5-2-1-3-10(4-5)6-7-8-9-12-6/h5,11H,1-4H2. The minimum absolute atomic E-state index is 0.220. The molecule has 1 aromatic rings. The highest BCUT2D eigenvalue weighted by Crippen LogP contribution is 2.19. The molecule has 6 heteroatoms. The smallest absolute Gasteiger partial charge is 0.227 e. The largest absolute Gasteiger partial charge is 0.391 e. The lowest BCUT2D eigenvalue weighted by Crippen LogP contribution is -2.38. The summed E-state index contributed by atoms with van der Waals surface area (Å²) < 4.78 is 3.68. The first-order chi connectivity index (χ1) is 5.86. The fourth-order valence-corrected chi connectivity index (χ4v) is 1.88. The highest BCUT2D eigenvalue weighted by atomic mass is 32.1. The quantitative estimate of drug-likeness (QED) is 0.663. The second kappa shape index (κ2) is 3.32. The SMILES string of the molecule is OC1CCCN(c2nnns2)C1. The molecular weight excluding hydrogens is 176 g/mol. The lowest BCUT2D eigenvalue weighted by molar-refractivity contribution is 0.154. The van der Waals surface area contributed by atoms with Gasteiger partial charge in [0.15, 0.2) is 0 Å². The molecular formula is C6H10N4OS. The molecule has 12 heavy (non-hydrogen) atoms. The molecule has 1 atom stereocenters. The first-order valence-corrected chi connectivity index (χ1v) is 4.71. The van der Waals surface area contributed by atoms with Gasteiger partial charge in [0.1, 0.15) is 0 Å². The molecule has 0 aromatic carbocycles. The topological polar surface area (TPSA) is 62.1 Å². The van der Waals surface area contributed by atoms with E-state index in [1.165, 1.54) is 11.5 Å². The normalized spacial score (nSPS) is 24.4. The Bertz CT molecular complexity index is 240. The molecule has 0 spiro atoms. The molecule has 1 N–H and O–H groups in total. The van der Waals surface area contributed by atoms with E-state index in [0.29, 0.717) is 6.54 Å². The minimum Gasteiger partial charge on any atom is -0.391 e. The van der Waals surface area contributed by atoms with Crippen LogP contribution in [0.4, 0.5) is 5.13 Å². The molecule has 0 amide bonds. The number of nitrogens with zero attached hydrogens (tertiary/aromatic N) is 4. The van der Waals surface area contributed by atoms with Crippen LogP contribution in [0.1, 0.15) is 12.8 Å². The van der Waals surface area contributed by atoms with Crippen molar-refractivity contribution in [2.75, 3.05) is 18.0 Å². The number of anilines is 1. The van der Waals surface area contributed by atoms with Gasteiger partial charge in [0.05, 0.1) is 6.10 Å². The van der Waals surface area contributed by atoms with Gasteiger partial charge in [0, 0.05) is 24.6 Å². The van der Waals surface area contributed by atoms with Gasteiger partial charge in [-0.15, -0.1) is 0 Å². The average molecular weight is 186 g/mol. The summed E-state index contributed by atoms with van der Waals surface area (Å²) in [5.41, 5.74) is 0. The molecule has 5 nitrogen and oxygen atoms in total. The molecule has 1 aromatic heterocycles. The molecule has 0 radical (unpaired) electrons. The van der Waals surface area contributed by atoms with Crippen molar-refractivity contribution in [3.63, 3.8) is 0 Å². The third kappa shape index (κ3) is 1.54. The monoisotopic (exact) mass is 186 g/mol. The van der Waals surface area contributed by atoms with Gasteiger partial charge in [-0.05, 0) is 18.1 Å². The lowest BCUT2D eigenvalue weighted by Gasteiger charge is -2.28. The van der Waals surface area contributed by atoms with Crippen molar-refractivity contribution >= 4 is 16.7 Å². The Labute approximate surface area is 74.2 Å². The molecule has 0 aliphatic carbocycles. The van der Waals surface area contributed by atoms with Crippen LogP contribution in [0.15, 0.2) is 0 Å². The van der Waals surface area contributed by atoms with Crippen LogP contribution in [-0.2, 0) is 0 Å². The predicted octanol–water partition coefficient (Wildman–Crippen LogP) is -0.106. The van der Waals surface area contributed by atoms with E-state index in [4.69, 9.17) is 0 Å². The zero-order valence-electron chi connectivity index (χ0n) is 6.55. The summed E-state index contributed by atoms with van der Waals surface area (Å²) in [6, 6.07) is 0. The second-order valence-corrected chi connectivity index (χ2v) is 3.60. The van der Waals surface area contributed by atoms with Crippen molar-refractivity contribution in [2.24, 2.45) is 0 Å². The van der Waals surface area contributed by atoms with E-state index >= 15 is 0 Å². The fourth-order valence-electron chi connectivity index (χ4n) is 1.38. The Morgan fingerprint density at radius 1 is 1.58 bits per heavy atom. The summed E-state index contributed by atoms with van der Waals surface area (Å²) in [5, 5.41) is 17.6. The van der Waals surface area contributed by atoms with E-state index in [-0.39, 0.29) is 6.10 Å². The Balaban J connectivity index is 2.04. The summed E-state index contributed by atoms with van der Waals surface area (Å²) in [6.07, 6.45) is 1.69. The third-order valence-corrected chi connectivity index (χ3v) is 2.61. The molecule has 2 heterocycles. The predicted molar refractivity (Wildman–Crippen MR) is 45.2 cm³/mol. The van der Waals surface area contributed by atoms with Crippen molar-refractivity contribution in [3.8, 4) is 0 Å². The molecule has 1 aliphatic rings. The van der Waals surface area contributed by atoms with E-state index in [9.17, 15) is 5.11 Å². The number of piperidine rings is 1. The van der Waals surface area contributed by atoms with Gasteiger partial charge in [-0.3, -0.25) is 0 Å². The Hall–Kier alpha value is -0.750. The molecule has 2 rings (SSSR count). The highest BCUT2D eigenvalue weighted by molar-refractivity contribution is 7.09. The van der Waals surface area contributed by atoms with Gasteiger partial charge in [0.25, 0.3) is 0 Å². The Morgan fingerprint density at radius 2 is 2.50 bits per heavy atom. The van der Waals surface area contributed by atoms with Crippen molar-refractivity contribution in [1.29, 1.82) is 0 Å². The van der Waals surface area contributed by atoms with Crippen LogP contribution in [0.2, 0.25) is 0 Å². The third-order valence-electron chi connectivity index (χ3n) is 1.96. The van der Waals surface area contributed by atoms with Crippen molar-refractivity contribution in [2.45, 2.75) is 18.9 Å². The summed E-state index contributed by atoms with van der Waals surface area (Å²) in [6.45, 7) is 1.62. The van der Waals surface area contributed by atoms with Crippen LogP contribution in [0.5, 0.6) is 0 Å². The van der Waals surface area contributed by atoms with Crippen LogP contribution in [-0.4, -0.2) is 39.1 Å². The second-order valence-electron chi connectivity index (χ2n) is 2.89. The van der Waals surface area contributed by atoms with Crippen LogP contribution in [0.25, 0.3) is 0 Å². The van der Waals surface area contributed by atoms with Gasteiger partial charge >= 0.3 is 0 Å². The molecule has 0 bridgehead atoms. The van der Waals surface area contributed by atoms with E-state index in [1.54, 1.807) is 0 Å². The Morgan fingerprint density at radius 3 is 3.17 bits per heavy atom. The van der Waals surface area contributed by atoms with Crippen LogP contribution in [0, 0.1) is 0 Å². The van der Waals surface area contributed by atoms with E-state index in [2.05, 4.69) is 14.8 Å². The first-order valence-electron chi connectivity index (χ1n) is 3.94. The maximum atomic E-state index is 9.37. The van der Waals surface area contributed by atoms with Crippen LogP contribution >= 0.6 is 11.5 Å². The summed E-state index contributed by atoms with van der Waals surface area (Å²) in [7, 11) is 0. The molecule has 66 valence electrons. The van der Waals surface area contributed by atoms with Crippen LogP contribution < -0.4 is 4.90 Å². The molecule has 1 saturated heterocycles. The number of aliphatic hydroxyl groups is 1. The first kappa shape index (κ1) is 7.88. The molecule has 1 aliphatic heterocycles. The fraction of sp³-hybridized carbons (Fsp3) is 0.833. The van der Waals surface area contributed by atoms with Gasteiger partial charge < -0.3 is 10.0 Å². The lowest BCUT2D eigenvalue weighted by atomic mass is 10.1. The molecule has 1 unspecified atom stereocenters. The van der Waals surface area contributed by atoms with Gasteiger partial charge in [-0.1, -0.05) is 9.59 Å². The van der Waals surface area contributed by atoms with Crippen molar-refractivity contribution < 1.29 is 5.11 Å². The Kier molecular flexibility index (Phi) is 2.18. The van der Waals surface area contributed by atoms with E-state index in [1.807, 2.05) is 4.90 Å². The number of hydrogen-bond donors (Lipinski definition) is 1. The molecule has 0 saturated carbocycles. The van der Waals surface area contributed by atoms with Gasteiger partial charge in [-0.25, -0.2) is 0 Å². The zero-order valence-corrected chi connectivity index (χ0v) is 7.37. The minimum atomic E-state index is -0.220. The van der Waals surface area contributed by atoms with Crippen molar-refractivity contribution in [3.05, 3.63) is 0 Å². The number of aromatic nitrogens is 3. The summed E-state index contributed by atoms with van der Waals surface area (Å²) in [4.78, 5) is 2.03. The zero-order chi connectivity index (χ0) is 8.39. The van der Waals surface area contributed by atoms with Crippen LogP contribution in [0.3, 0.4) is 0 Å². The maximum Gasteiger partial charge on any atom is 0.227 e. The average Bonchev–Trinajstić information content (AvgIpc) is 2.56. The van der Waals surface area contributed by atoms with E-state index < -0.39 is 0 Å². The summed E-state index contributed by atoms with van der Waals surface area (Å²) in [5.74, 6) is 0. The maximum absolute atomic E-state index is 9.37. The van der Waals surface area contributed by atoms with Gasteiger partial charge in [-0.2, -0.15) is 0 Å². The number of rotatable bonds is 1. The number of hydrogen-bond acceptors (Lipinski definition) is 6. The van der Waals surface area contributed by atoms with Crippen molar-refractivity contribution in [1.82, 2.24) is 14.8 Å². The molecule has 1 fully saturated rings. The summed E-state index contributed by atoms with van der Waals surface area (Å²) >= 11 is 1.27. The number of aliphatic hydroxyl groups excluding tert-OH is 1. The van der Waals surface area contributed by atoms with E-state index in [0.717, 1.165) is 24.5 Å². The van der Waals surface area contributed by atoms with Gasteiger partial charge in [0.2, 0.25) is 5.13 Å². The highest BCUT2D eigenvalue weighted by Gasteiger charge is 2.19. The number of β-amino-alcohol motifs (C(OH)–C–C–N with tert-alkyl or cyclic N) is 1.